The van der Waals surface area contributed by atoms with Gasteiger partial charge >= 0.3 is 0 Å². The van der Waals surface area contributed by atoms with Gasteiger partial charge in [-0.05, 0) is 32.8 Å². The molecule has 2 aromatic heterocycles. The molecule has 3 heterocycles. The van der Waals surface area contributed by atoms with E-state index in [2.05, 4.69) is 19.9 Å². The maximum atomic E-state index is 12.1. The van der Waals surface area contributed by atoms with Gasteiger partial charge in [-0.15, -0.1) is 0 Å². The van der Waals surface area contributed by atoms with Crippen LogP contribution in [0.4, 0.5) is 0 Å². The van der Waals surface area contributed by atoms with E-state index >= 15 is 0 Å². The van der Waals surface area contributed by atoms with Crippen molar-refractivity contribution in [2.75, 3.05) is 6.54 Å². The van der Waals surface area contributed by atoms with Crippen LogP contribution >= 0.6 is 0 Å². The number of nitrogens with zero attached hydrogens (tertiary/aromatic N) is 4. The molecule has 1 atom stereocenters. The average Bonchev–Trinajstić information content (AvgIpc) is 3.14. The minimum absolute atomic E-state index is 0.0119. The Morgan fingerprint density at radius 3 is 2.91 bits per heavy atom. The van der Waals surface area contributed by atoms with Gasteiger partial charge in [0.05, 0.1) is 6.04 Å². The predicted molar refractivity (Wildman–Crippen MR) is 83.1 cm³/mol. The number of carbonyl (C=O) groups is 1. The Morgan fingerprint density at radius 2 is 2.23 bits per heavy atom. The number of H-pyrrole nitrogens is 1. The van der Waals surface area contributed by atoms with Crippen molar-refractivity contribution in [1.82, 2.24) is 24.8 Å². The molecule has 0 aromatic carbocycles. The third-order valence-corrected chi connectivity index (χ3v) is 3.99. The fourth-order valence-corrected chi connectivity index (χ4v) is 2.94. The minimum atomic E-state index is -0.0119. The van der Waals surface area contributed by atoms with Gasteiger partial charge in [0.2, 0.25) is 5.91 Å². The molecule has 1 fully saturated rings. The molecule has 3 rings (SSSR count). The highest BCUT2D eigenvalue weighted by molar-refractivity contribution is 5.76. The fourth-order valence-electron chi connectivity index (χ4n) is 2.94. The zero-order chi connectivity index (χ0) is 15.7. The molecule has 0 bridgehead atoms. The Bertz CT molecular complexity index is 694. The van der Waals surface area contributed by atoms with Crippen LogP contribution in [-0.2, 0) is 4.79 Å². The van der Waals surface area contributed by atoms with Gasteiger partial charge in [-0.25, -0.2) is 15.0 Å². The number of carbonyl (C=O) groups excluding carboxylic acids is 1. The first-order valence-electron chi connectivity index (χ1n) is 7.75. The second-order valence-corrected chi connectivity index (χ2v) is 5.77. The van der Waals surface area contributed by atoms with Crippen LogP contribution in [0.3, 0.4) is 0 Å². The van der Waals surface area contributed by atoms with E-state index in [1.807, 2.05) is 31.7 Å². The first-order chi connectivity index (χ1) is 10.6. The Morgan fingerprint density at radius 1 is 1.41 bits per heavy atom. The molecular weight excluding hydrogens is 278 g/mol. The van der Waals surface area contributed by atoms with Crippen molar-refractivity contribution in [3.63, 3.8) is 0 Å². The molecule has 6 nitrogen and oxygen atoms in total. The zero-order valence-corrected chi connectivity index (χ0v) is 13.3. The molecular formula is C16H21N5O. The number of amides is 1. The molecule has 1 N–H and O–H groups in total. The number of hydrogen-bond donors (Lipinski definition) is 1. The quantitative estimate of drug-likeness (QED) is 0.945. The Hall–Kier alpha value is -2.24. The van der Waals surface area contributed by atoms with Crippen LogP contribution < -0.4 is 0 Å². The van der Waals surface area contributed by atoms with E-state index < -0.39 is 0 Å². The summed E-state index contributed by atoms with van der Waals surface area (Å²) in [5.41, 5.74) is 2.67. The van der Waals surface area contributed by atoms with Crippen LogP contribution in [0, 0.1) is 13.8 Å². The number of likely N-dealkylation sites (tertiary alicyclic amines) is 1. The molecule has 0 unspecified atom stereocenters. The third-order valence-electron chi connectivity index (χ3n) is 3.99. The summed E-state index contributed by atoms with van der Waals surface area (Å²) in [4.78, 5) is 30.8. The molecule has 116 valence electrons. The predicted octanol–water partition coefficient (Wildman–Crippen LogP) is 2.56. The second-order valence-electron chi connectivity index (χ2n) is 5.77. The maximum Gasteiger partial charge on any atom is 0.222 e. The minimum Gasteiger partial charge on any atom is -0.341 e. The largest absolute Gasteiger partial charge is 0.341 e. The van der Waals surface area contributed by atoms with Gasteiger partial charge in [0, 0.05) is 30.6 Å². The molecule has 0 saturated carbocycles. The summed E-state index contributed by atoms with van der Waals surface area (Å²) < 4.78 is 0. The van der Waals surface area contributed by atoms with Gasteiger partial charge in [0.25, 0.3) is 0 Å². The van der Waals surface area contributed by atoms with Crippen LogP contribution in [0.2, 0.25) is 0 Å². The number of hydrogen-bond acceptors (Lipinski definition) is 4. The number of imidazole rings is 1. The van der Waals surface area contributed by atoms with E-state index in [0.29, 0.717) is 6.42 Å². The number of rotatable bonds is 3. The SMILES string of the molecule is CCC(=O)N1CCC[C@@H]1c1nc(C)cc(-c2ncc(C)[nH]2)n1. The molecule has 1 aliphatic rings. The van der Waals surface area contributed by atoms with Crippen LogP contribution in [0.5, 0.6) is 0 Å². The van der Waals surface area contributed by atoms with Gasteiger partial charge in [-0.1, -0.05) is 6.92 Å². The van der Waals surface area contributed by atoms with Crippen LogP contribution in [0.1, 0.15) is 49.4 Å². The molecule has 1 aliphatic heterocycles. The topological polar surface area (TPSA) is 74.8 Å². The lowest BCUT2D eigenvalue weighted by Crippen LogP contribution is -2.30. The van der Waals surface area contributed by atoms with E-state index in [4.69, 9.17) is 0 Å². The van der Waals surface area contributed by atoms with Crippen LogP contribution in [-0.4, -0.2) is 37.3 Å². The number of aromatic nitrogens is 4. The van der Waals surface area contributed by atoms with Gasteiger partial charge in [0.15, 0.2) is 11.6 Å². The van der Waals surface area contributed by atoms with E-state index in [9.17, 15) is 4.79 Å². The van der Waals surface area contributed by atoms with Crippen LogP contribution in [0.15, 0.2) is 12.3 Å². The summed E-state index contributed by atoms with van der Waals surface area (Å²) in [5, 5.41) is 0. The molecule has 0 aliphatic carbocycles. The molecule has 1 saturated heterocycles. The molecule has 2 aromatic rings. The van der Waals surface area contributed by atoms with Crippen molar-refractivity contribution < 1.29 is 4.79 Å². The van der Waals surface area contributed by atoms with E-state index in [1.54, 1.807) is 6.20 Å². The summed E-state index contributed by atoms with van der Waals surface area (Å²) in [7, 11) is 0. The summed E-state index contributed by atoms with van der Waals surface area (Å²) in [6.45, 7) is 6.60. The highest BCUT2D eigenvalue weighted by Crippen LogP contribution is 2.31. The van der Waals surface area contributed by atoms with Crippen molar-refractivity contribution in [2.45, 2.75) is 46.1 Å². The summed E-state index contributed by atoms with van der Waals surface area (Å²) >= 11 is 0. The summed E-state index contributed by atoms with van der Waals surface area (Å²) in [6, 6.07) is 1.91. The molecule has 0 spiro atoms. The lowest BCUT2D eigenvalue weighted by Gasteiger charge is -2.23. The van der Waals surface area contributed by atoms with Gasteiger partial charge in [-0.3, -0.25) is 4.79 Å². The first-order valence-corrected chi connectivity index (χ1v) is 7.75. The monoisotopic (exact) mass is 299 g/mol. The third kappa shape index (κ3) is 2.73. The lowest BCUT2D eigenvalue weighted by molar-refractivity contribution is -0.131. The smallest absolute Gasteiger partial charge is 0.222 e. The molecule has 0 radical (unpaired) electrons. The van der Waals surface area contributed by atoms with Gasteiger partial charge < -0.3 is 9.88 Å². The normalized spacial score (nSPS) is 18.0. The Balaban J connectivity index is 1.97. The van der Waals surface area contributed by atoms with Gasteiger partial charge in [-0.2, -0.15) is 0 Å². The second kappa shape index (κ2) is 5.87. The molecule has 22 heavy (non-hydrogen) atoms. The van der Waals surface area contributed by atoms with Crippen molar-refractivity contribution in [3.05, 3.63) is 29.5 Å². The van der Waals surface area contributed by atoms with Crippen LogP contribution in [0.25, 0.3) is 11.5 Å². The summed E-state index contributed by atoms with van der Waals surface area (Å²) in [6.07, 6.45) is 4.23. The average molecular weight is 299 g/mol. The van der Waals surface area contributed by atoms with Crippen molar-refractivity contribution >= 4 is 5.91 Å². The fraction of sp³-hybridized carbons (Fsp3) is 0.500. The molecule has 6 heteroatoms. The molecule has 1 amide bonds. The van der Waals surface area contributed by atoms with Crippen molar-refractivity contribution in [3.8, 4) is 11.5 Å². The standard InChI is InChI=1S/C16H21N5O/c1-4-14(22)21-7-5-6-13(21)16-18-10(2)8-12(20-16)15-17-9-11(3)19-15/h8-9,13H,4-7H2,1-3H3,(H,17,19)/t13-/m1/s1. The maximum absolute atomic E-state index is 12.1. The number of aromatic amines is 1. The lowest BCUT2D eigenvalue weighted by atomic mass is 10.2. The van der Waals surface area contributed by atoms with E-state index in [0.717, 1.165) is 48.1 Å². The highest BCUT2D eigenvalue weighted by atomic mass is 16.2. The summed E-state index contributed by atoms with van der Waals surface area (Å²) in [5.74, 6) is 1.64. The number of aryl methyl sites for hydroxylation is 2. The van der Waals surface area contributed by atoms with Gasteiger partial charge in [0.1, 0.15) is 5.69 Å². The van der Waals surface area contributed by atoms with E-state index in [1.165, 1.54) is 0 Å². The first kappa shape index (κ1) is 14.7. The number of nitrogens with one attached hydrogen (secondary N) is 1. The Kier molecular flexibility index (Phi) is 3.92. The van der Waals surface area contributed by atoms with E-state index in [-0.39, 0.29) is 11.9 Å². The Labute approximate surface area is 130 Å². The zero-order valence-electron chi connectivity index (χ0n) is 13.3. The van der Waals surface area contributed by atoms with Crippen molar-refractivity contribution in [2.24, 2.45) is 0 Å². The highest BCUT2D eigenvalue weighted by Gasteiger charge is 2.31. The van der Waals surface area contributed by atoms with Crippen molar-refractivity contribution in [1.29, 1.82) is 0 Å².